The van der Waals surface area contributed by atoms with Gasteiger partial charge in [-0.1, -0.05) is 39.0 Å². The van der Waals surface area contributed by atoms with Crippen LogP contribution in [0.4, 0.5) is 11.4 Å². The van der Waals surface area contributed by atoms with Crippen LogP contribution in [0.2, 0.25) is 0 Å². The molecule has 1 saturated heterocycles. The fourth-order valence-electron chi connectivity index (χ4n) is 6.33. The van der Waals surface area contributed by atoms with Crippen molar-refractivity contribution in [1.82, 2.24) is 4.90 Å². The number of para-hydroxylation sites is 1. The molecule has 0 spiro atoms. The Bertz CT molecular complexity index is 1250. The van der Waals surface area contributed by atoms with Gasteiger partial charge in [0.1, 0.15) is 4.90 Å². The first-order valence-electron chi connectivity index (χ1n) is 14.0. The van der Waals surface area contributed by atoms with Crippen molar-refractivity contribution in [1.29, 1.82) is 0 Å². The summed E-state index contributed by atoms with van der Waals surface area (Å²) < 4.78 is 29.6. The van der Waals surface area contributed by atoms with E-state index in [-0.39, 0.29) is 21.6 Å². The first-order chi connectivity index (χ1) is 18.0. The molecule has 1 aliphatic heterocycles. The lowest BCUT2D eigenvalue weighted by atomic mass is 9.87. The maximum atomic E-state index is 13.5. The van der Waals surface area contributed by atoms with E-state index in [1.165, 1.54) is 6.42 Å². The summed E-state index contributed by atoms with van der Waals surface area (Å²) in [5.74, 6) is -1.10. The lowest BCUT2D eigenvalue weighted by molar-refractivity contribution is 0.0696. The molecule has 0 bridgehead atoms. The van der Waals surface area contributed by atoms with Crippen LogP contribution in [0.1, 0.15) is 87.7 Å². The van der Waals surface area contributed by atoms with Crippen LogP contribution in [0.15, 0.2) is 41.3 Å². The number of hydrogen-bond donors (Lipinski definition) is 3. The highest BCUT2D eigenvalue weighted by Gasteiger charge is 2.30. The van der Waals surface area contributed by atoms with Gasteiger partial charge in [-0.05, 0) is 99.6 Å². The quantitative estimate of drug-likeness (QED) is 0.333. The van der Waals surface area contributed by atoms with Crippen LogP contribution >= 0.6 is 0 Å². The molecule has 0 saturated carbocycles. The summed E-state index contributed by atoms with van der Waals surface area (Å²) >= 11 is 0. The lowest BCUT2D eigenvalue weighted by Gasteiger charge is -2.34. The number of anilines is 2. The monoisotopic (exact) mass is 541 g/mol. The molecule has 2 aliphatic rings. The molecule has 2 aromatic carbocycles. The summed E-state index contributed by atoms with van der Waals surface area (Å²) in [5.41, 5.74) is 2.75. The maximum Gasteiger partial charge on any atom is 0.338 e. The molecular weight excluding hydrogens is 498 g/mol. The number of rotatable bonds is 10. The topological polar surface area (TPSA) is 98.7 Å². The molecule has 1 heterocycles. The number of fused-ring (bicyclic) bond motifs is 1. The molecule has 0 radical (unpaired) electrons. The van der Waals surface area contributed by atoms with Crippen molar-refractivity contribution in [2.24, 2.45) is 5.41 Å². The molecule has 2 aromatic rings. The maximum absolute atomic E-state index is 13.5. The molecule has 1 aliphatic carbocycles. The first kappa shape index (κ1) is 28.4. The van der Waals surface area contributed by atoms with Gasteiger partial charge >= 0.3 is 5.97 Å². The number of carboxylic acid groups (broad SMARTS) is 1. The standard InChI is InChI=1S/C30H43N3O4S/c1-21(20-30(2,3)4)33-19-9-11-23(33)17-18-31-25-13-7-8-14-27(25)38(36,37)32-26-16-15-22-10-5-6-12-24(22)28(26)29(34)35/h7-8,13-16,21,23,31-32H,5-6,9-12,17-20H2,1-4H3,(H,34,35)/t21?,23-/m0/s1. The van der Waals surface area contributed by atoms with Gasteiger partial charge in [0.05, 0.1) is 16.9 Å². The number of sulfonamides is 1. The van der Waals surface area contributed by atoms with Gasteiger partial charge in [-0.15, -0.1) is 0 Å². The van der Waals surface area contributed by atoms with E-state index in [2.05, 4.69) is 42.6 Å². The molecule has 0 amide bonds. The Labute approximate surface area is 228 Å². The van der Waals surface area contributed by atoms with Crippen LogP contribution in [0.25, 0.3) is 0 Å². The minimum atomic E-state index is -4.01. The zero-order valence-electron chi connectivity index (χ0n) is 23.2. The predicted octanol–water partition coefficient (Wildman–Crippen LogP) is 6.16. The molecule has 1 unspecified atom stereocenters. The van der Waals surface area contributed by atoms with Crippen molar-refractivity contribution in [3.05, 3.63) is 53.1 Å². The van der Waals surface area contributed by atoms with E-state index in [0.29, 0.717) is 30.7 Å². The second kappa shape index (κ2) is 11.7. The first-order valence-corrected chi connectivity index (χ1v) is 15.4. The highest BCUT2D eigenvalue weighted by molar-refractivity contribution is 7.92. The van der Waals surface area contributed by atoms with Crippen molar-refractivity contribution in [2.75, 3.05) is 23.1 Å². The van der Waals surface area contributed by atoms with Gasteiger partial charge in [0.15, 0.2) is 0 Å². The Morgan fingerprint density at radius 2 is 1.82 bits per heavy atom. The number of benzene rings is 2. The zero-order valence-corrected chi connectivity index (χ0v) is 24.0. The molecule has 38 heavy (non-hydrogen) atoms. The fourth-order valence-corrected chi connectivity index (χ4v) is 7.59. The second-order valence-corrected chi connectivity index (χ2v) is 13.8. The Balaban J connectivity index is 1.47. The third-order valence-corrected chi connectivity index (χ3v) is 9.28. The average molecular weight is 542 g/mol. The molecule has 2 atom stereocenters. The summed E-state index contributed by atoms with van der Waals surface area (Å²) in [4.78, 5) is 14.9. The van der Waals surface area contributed by atoms with Crippen LogP contribution in [-0.4, -0.2) is 49.6 Å². The number of nitrogens with one attached hydrogen (secondary N) is 2. The number of likely N-dealkylation sites (tertiary alicyclic amines) is 1. The highest BCUT2D eigenvalue weighted by atomic mass is 32.2. The zero-order chi connectivity index (χ0) is 27.5. The van der Waals surface area contributed by atoms with Crippen LogP contribution in [0.5, 0.6) is 0 Å². The summed E-state index contributed by atoms with van der Waals surface area (Å²) in [5, 5.41) is 13.3. The van der Waals surface area contributed by atoms with E-state index in [1.807, 2.05) is 12.1 Å². The molecule has 4 rings (SSSR count). The van der Waals surface area contributed by atoms with Crippen molar-refractivity contribution < 1.29 is 18.3 Å². The molecule has 0 aromatic heterocycles. The molecule has 7 nitrogen and oxygen atoms in total. The third-order valence-electron chi connectivity index (χ3n) is 7.86. The van der Waals surface area contributed by atoms with Crippen molar-refractivity contribution in [3.63, 3.8) is 0 Å². The number of hydrogen-bond acceptors (Lipinski definition) is 5. The lowest BCUT2D eigenvalue weighted by Crippen LogP contribution is -2.40. The van der Waals surface area contributed by atoms with Crippen LogP contribution < -0.4 is 10.0 Å². The van der Waals surface area contributed by atoms with E-state index in [4.69, 9.17) is 0 Å². The largest absolute Gasteiger partial charge is 0.478 e. The van der Waals surface area contributed by atoms with Crippen LogP contribution in [-0.2, 0) is 22.9 Å². The van der Waals surface area contributed by atoms with Crippen molar-refractivity contribution >= 4 is 27.4 Å². The smallest absolute Gasteiger partial charge is 0.338 e. The normalized spacial score (nSPS) is 19.1. The Morgan fingerprint density at radius 1 is 1.08 bits per heavy atom. The van der Waals surface area contributed by atoms with Gasteiger partial charge in [0.2, 0.25) is 0 Å². The summed E-state index contributed by atoms with van der Waals surface area (Å²) in [6.07, 6.45) is 7.83. The van der Waals surface area contributed by atoms with Crippen molar-refractivity contribution in [2.45, 2.75) is 96.0 Å². The predicted molar refractivity (Wildman–Crippen MR) is 154 cm³/mol. The van der Waals surface area contributed by atoms with Gasteiger partial charge in [-0.25, -0.2) is 13.2 Å². The molecule has 3 N–H and O–H groups in total. The van der Waals surface area contributed by atoms with Crippen molar-refractivity contribution in [3.8, 4) is 0 Å². The molecule has 1 fully saturated rings. The third kappa shape index (κ3) is 6.70. The Hall–Kier alpha value is -2.58. The molecule has 208 valence electrons. The van der Waals surface area contributed by atoms with Crippen LogP contribution in [0, 0.1) is 5.41 Å². The molecule has 8 heteroatoms. The second-order valence-electron chi connectivity index (χ2n) is 12.1. The number of carboxylic acids is 1. The average Bonchev–Trinajstić information content (AvgIpc) is 3.31. The number of nitrogens with zero attached hydrogens (tertiary/aromatic N) is 1. The SMILES string of the molecule is CC(CC(C)(C)C)N1CCC[C@H]1CCNc1ccccc1S(=O)(=O)Nc1ccc2c(c1C(=O)O)CCCC2. The van der Waals surface area contributed by atoms with E-state index in [0.717, 1.165) is 56.2 Å². The molecular formula is C30H43N3O4S. The summed E-state index contributed by atoms with van der Waals surface area (Å²) in [7, 11) is -4.01. The van der Waals surface area contributed by atoms with Gasteiger partial charge in [-0.3, -0.25) is 9.62 Å². The van der Waals surface area contributed by atoms with Gasteiger partial charge in [-0.2, -0.15) is 0 Å². The van der Waals surface area contributed by atoms with Gasteiger partial charge < -0.3 is 10.4 Å². The van der Waals surface area contributed by atoms with E-state index in [9.17, 15) is 18.3 Å². The Kier molecular flexibility index (Phi) is 8.72. The highest BCUT2D eigenvalue weighted by Crippen LogP contribution is 2.33. The number of carbonyl (C=O) groups is 1. The number of aryl methyl sites for hydroxylation is 1. The summed E-state index contributed by atoms with van der Waals surface area (Å²) in [6, 6.07) is 11.3. The minimum absolute atomic E-state index is 0.0712. The van der Waals surface area contributed by atoms with Gasteiger partial charge in [0, 0.05) is 18.6 Å². The van der Waals surface area contributed by atoms with E-state index >= 15 is 0 Å². The fraction of sp³-hybridized carbons (Fsp3) is 0.567. The minimum Gasteiger partial charge on any atom is -0.478 e. The van der Waals surface area contributed by atoms with E-state index < -0.39 is 16.0 Å². The summed E-state index contributed by atoms with van der Waals surface area (Å²) in [6.45, 7) is 10.9. The van der Waals surface area contributed by atoms with E-state index in [1.54, 1.807) is 24.3 Å². The number of aromatic carboxylic acids is 1. The van der Waals surface area contributed by atoms with Gasteiger partial charge in [0.25, 0.3) is 10.0 Å². The van der Waals surface area contributed by atoms with Crippen LogP contribution in [0.3, 0.4) is 0 Å². The Morgan fingerprint density at radius 3 is 2.55 bits per heavy atom.